The van der Waals surface area contributed by atoms with Gasteiger partial charge < -0.3 is 0 Å². The first-order chi connectivity index (χ1) is 6.66. The summed E-state index contributed by atoms with van der Waals surface area (Å²) in [6, 6.07) is 0.564. The lowest BCUT2D eigenvalue weighted by molar-refractivity contribution is 0.290. The molecule has 2 unspecified atom stereocenters. The zero-order valence-electron chi connectivity index (χ0n) is 9.86. The van der Waals surface area contributed by atoms with Crippen molar-refractivity contribution in [2.45, 2.75) is 39.8 Å². The monoisotopic (exact) mass is 195 g/mol. The second-order valence-corrected chi connectivity index (χ2v) is 3.03. The van der Waals surface area contributed by atoms with Crippen LogP contribution in [0, 0.1) is 0 Å². The van der Waals surface area contributed by atoms with Gasteiger partial charge in [0, 0.05) is 13.3 Å². The largest absolute Gasteiger partial charge is 0.295 e. The van der Waals surface area contributed by atoms with Crippen molar-refractivity contribution >= 4 is 11.9 Å². The molecule has 0 saturated carbocycles. The topological polar surface area (TPSA) is 28.0 Å². The van der Waals surface area contributed by atoms with Crippen LogP contribution in [0.4, 0.5) is 0 Å². The zero-order chi connectivity index (χ0) is 11.1. The maximum absolute atomic E-state index is 4.34. The van der Waals surface area contributed by atoms with Crippen LogP contribution in [0.1, 0.15) is 27.7 Å². The highest BCUT2D eigenvalue weighted by Gasteiger charge is 2.28. The molecule has 3 nitrogen and oxygen atoms in total. The molecule has 1 rings (SSSR count). The van der Waals surface area contributed by atoms with E-state index in [2.05, 4.69) is 23.6 Å². The second kappa shape index (κ2) is 6.35. The Labute approximate surface area is 87.2 Å². The lowest BCUT2D eigenvalue weighted by Crippen LogP contribution is -2.30. The van der Waals surface area contributed by atoms with Crippen LogP contribution in [0.2, 0.25) is 0 Å². The summed E-state index contributed by atoms with van der Waals surface area (Å²) in [6.07, 6.45) is 3.43. The molecule has 80 valence electrons. The molecule has 14 heavy (non-hydrogen) atoms. The molecule has 0 saturated heterocycles. The normalized spacial score (nSPS) is 25.8. The van der Waals surface area contributed by atoms with Gasteiger partial charge in [-0.15, -0.1) is 0 Å². The molecule has 0 aromatic rings. The van der Waals surface area contributed by atoms with Crippen molar-refractivity contribution < 1.29 is 0 Å². The molecule has 1 aliphatic rings. The molecular weight excluding hydrogens is 174 g/mol. The Morgan fingerprint density at radius 1 is 1.50 bits per heavy atom. The summed E-state index contributed by atoms with van der Waals surface area (Å²) >= 11 is 0. The molecule has 0 aliphatic carbocycles. The minimum Gasteiger partial charge on any atom is -0.295 e. The van der Waals surface area contributed by atoms with Crippen molar-refractivity contribution in [2.24, 2.45) is 10.1 Å². The van der Waals surface area contributed by atoms with Gasteiger partial charge in [-0.05, 0) is 13.8 Å². The average molecular weight is 195 g/mol. The number of nitrogens with zero attached hydrogens (tertiary/aromatic N) is 3. The molecule has 1 heterocycles. The van der Waals surface area contributed by atoms with Crippen LogP contribution in [0.25, 0.3) is 0 Å². The van der Waals surface area contributed by atoms with E-state index in [1.165, 1.54) is 0 Å². The Kier molecular flexibility index (Phi) is 5.84. The number of aliphatic imine (C=N–C) groups is 1. The molecule has 0 bridgehead atoms. The van der Waals surface area contributed by atoms with Crippen LogP contribution < -0.4 is 0 Å². The zero-order valence-corrected chi connectivity index (χ0v) is 9.86. The first kappa shape index (κ1) is 12.9. The molecule has 3 heteroatoms. The number of allylic oxidation sites excluding steroid dienone is 1. The summed E-state index contributed by atoms with van der Waals surface area (Å²) in [7, 11) is 1.97. The first-order valence-electron chi connectivity index (χ1n) is 5.09. The van der Waals surface area contributed by atoms with E-state index >= 15 is 0 Å². The van der Waals surface area contributed by atoms with Crippen molar-refractivity contribution in [3.63, 3.8) is 0 Å². The summed E-state index contributed by atoms with van der Waals surface area (Å²) in [5, 5.41) is 6.25. The van der Waals surface area contributed by atoms with Crippen molar-refractivity contribution in [1.82, 2.24) is 5.01 Å². The summed E-state index contributed by atoms with van der Waals surface area (Å²) in [5.41, 5.74) is 1.07. The third-order valence-corrected chi connectivity index (χ3v) is 2.14. The maximum Gasteiger partial charge on any atom is 0.111 e. The molecule has 0 N–H and O–H groups in total. The van der Waals surface area contributed by atoms with E-state index in [1.54, 1.807) is 12.3 Å². The van der Waals surface area contributed by atoms with Gasteiger partial charge >= 0.3 is 0 Å². The predicted octanol–water partition coefficient (Wildman–Crippen LogP) is 2.35. The Morgan fingerprint density at radius 3 is 2.43 bits per heavy atom. The molecule has 0 amide bonds. The van der Waals surface area contributed by atoms with Crippen LogP contribution in [0.15, 0.2) is 22.7 Å². The first-order valence-corrected chi connectivity index (χ1v) is 5.09. The van der Waals surface area contributed by atoms with Gasteiger partial charge in [0.05, 0.1) is 11.8 Å². The average Bonchev–Trinajstić information content (AvgIpc) is 2.43. The molecule has 1 aliphatic heterocycles. The molecule has 0 aromatic carbocycles. The van der Waals surface area contributed by atoms with Crippen LogP contribution in [0.5, 0.6) is 0 Å². The third-order valence-electron chi connectivity index (χ3n) is 2.14. The summed E-state index contributed by atoms with van der Waals surface area (Å²) in [4.78, 5) is 4.34. The van der Waals surface area contributed by atoms with Crippen LogP contribution in [0.3, 0.4) is 0 Å². The highest BCUT2D eigenvalue weighted by Crippen LogP contribution is 2.15. The van der Waals surface area contributed by atoms with Crippen LogP contribution in [-0.2, 0) is 0 Å². The molecule has 2 atom stereocenters. The third kappa shape index (κ3) is 2.98. The Morgan fingerprint density at radius 2 is 2.07 bits per heavy atom. The van der Waals surface area contributed by atoms with E-state index < -0.39 is 0 Å². The van der Waals surface area contributed by atoms with Crippen molar-refractivity contribution in [3.8, 4) is 0 Å². The summed E-state index contributed by atoms with van der Waals surface area (Å²) in [6.45, 7) is 11.7. The quantitative estimate of drug-likeness (QED) is 0.622. The number of hydrogen-bond acceptors (Lipinski definition) is 3. The van der Waals surface area contributed by atoms with E-state index in [-0.39, 0.29) is 6.04 Å². The molecule has 0 aromatic heterocycles. The Balaban J connectivity index is 0.000000791. The van der Waals surface area contributed by atoms with Gasteiger partial charge in [-0.3, -0.25) is 10.0 Å². The second-order valence-electron chi connectivity index (χ2n) is 3.03. The van der Waals surface area contributed by atoms with E-state index in [9.17, 15) is 0 Å². The minimum absolute atomic E-state index is 0.202. The maximum atomic E-state index is 4.34. The highest BCUT2D eigenvalue weighted by atomic mass is 15.5. The van der Waals surface area contributed by atoms with Gasteiger partial charge in [0.1, 0.15) is 6.04 Å². The standard InChI is InChI=1S/C9H15N3.C2H6/c1-5-6-10-9-7(2)11-12(4)8(9)3;1-2/h5-6,8-9H,1H2,2-4H3;1-2H3. The van der Waals surface area contributed by atoms with Crippen molar-refractivity contribution in [2.75, 3.05) is 7.05 Å². The number of rotatable bonds is 2. The Hall–Kier alpha value is -1.12. The fourth-order valence-corrected chi connectivity index (χ4v) is 1.34. The van der Waals surface area contributed by atoms with Gasteiger partial charge in [-0.25, -0.2) is 0 Å². The number of hydrogen-bond donors (Lipinski definition) is 0. The molecule has 0 spiro atoms. The van der Waals surface area contributed by atoms with E-state index in [1.807, 2.05) is 32.8 Å². The molecule has 0 radical (unpaired) electrons. The van der Waals surface area contributed by atoms with E-state index in [4.69, 9.17) is 0 Å². The van der Waals surface area contributed by atoms with Crippen LogP contribution >= 0.6 is 0 Å². The lowest BCUT2D eigenvalue weighted by atomic mass is 10.1. The van der Waals surface area contributed by atoms with Gasteiger partial charge in [-0.2, -0.15) is 5.10 Å². The van der Waals surface area contributed by atoms with Gasteiger partial charge in [0.15, 0.2) is 0 Å². The minimum atomic E-state index is 0.202. The van der Waals surface area contributed by atoms with Crippen LogP contribution in [-0.4, -0.2) is 36.1 Å². The SMILES string of the molecule is C=CC=NC1C(C)=NN(C)C1C.CC. The van der Waals surface area contributed by atoms with Crippen molar-refractivity contribution in [1.29, 1.82) is 0 Å². The molecule has 0 fully saturated rings. The van der Waals surface area contributed by atoms with E-state index in [0.717, 1.165) is 5.71 Å². The predicted molar refractivity (Wildman–Crippen MR) is 64.2 cm³/mol. The smallest absolute Gasteiger partial charge is 0.111 e. The Bertz CT molecular complexity index is 231. The summed E-state index contributed by atoms with van der Waals surface area (Å²) in [5.74, 6) is 0. The van der Waals surface area contributed by atoms with E-state index in [0.29, 0.717) is 6.04 Å². The lowest BCUT2D eigenvalue weighted by Gasteiger charge is -2.17. The number of hydrazone groups is 1. The number of likely N-dealkylation sites (N-methyl/N-ethyl adjacent to an activating group) is 1. The van der Waals surface area contributed by atoms with Crippen molar-refractivity contribution in [3.05, 3.63) is 12.7 Å². The fraction of sp³-hybridized carbons (Fsp3) is 0.636. The summed E-state index contributed by atoms with van der Waals surface area (Å²) < 4.78 is 0. The molecular formula is C11H21N3. The van der Waals surface area contributed by atoms with Gasteiger partial charge in [0.2, 0.25) is 0 Å². The van der Waals surface area contributed by atoms with Gasteiger partial charge in [-0.1, -0.05) is 26.5 Å². The highest BCUT2D eigenvalue weighted by molar-refractivity contribution is 5.91. The van der Waals surface area contributed by atoms with Gasteiger partial charge in [0.25, 0.3) is 0 Å². The fourth-order valence-electron chi connectivity index (χ4n) is 1.34.